The number of carbonyl (C=O) groups is 1. The van der Waals surface area contributed by atoms with Crippen LogP contribution in [-0.4, -0.2) is 19.1 Å². The van der Waals surface area contributed by atoms with Gasteiger partial charge < -0.3 is 11.5 Å². The normalized spacial score (nSPS) is 12.2. The van der Waals surface area contributed by atoms with Crippen molar-refractivity contribution in [3.05, 3.63) is 29.8 Å². The van der Waals surface area contributed by atoms with Gasteiger partial charge in [-0.05, 0) is 31.0 Å². The van der Waals surface area contributed by atoms with Crippen LogP contribution in [0.2, 0.25) is 0 Å². The van der Waals surface area contributed by atoms with Crippen molar-refractivity contribution in [2.45, 2.75) is 19.4 Å². The second-order valence-electron chi connectivity index (χ2n) is 3.75. The van der Waals surface area contributed by atoms with Gasteiger partial charge >= 0.3 is 6.03 Å². The number of urea groups is 1. The Hall–Kier alpha value is -1.55. The molecule has 0 aromatic heterocycles. The number of amides is 2. The maximum absolute atomic E-state index is 10.9. The summed E-state index contributed by atoms with van der Waals surface area (Å²) in [5, 5.41) is 0. The summed E-state index contributed by atoms with van der Waals surface area (Å²) in [5.74, 6) is 0. The molecule has 4 N–H and O–H groups in total. The van der Waals surface area contributed by atoms with Gasteiger partial charge in [0, 0.05) is 18.8 Å². The maximum Gasteiger partial charge on any atom is 0.318 e. The third-order valence-electron chi connectivity index (χ3n) is 2.21. The number of primary amides is 1. The summed E-state index contributed by atoms with van der Waals surface area (Å²) < 4.78 is 0. The van der Waals surface area contributed by atoms with Crippen molar-refractivity contribution in [1.82, 2.24) is 0 Å². The fraction of sp³-hybridized carbons (Fsp3) is 0.364. The first-order chi connectivity index (χ1) is 7.00. The number of nitrogens with two attached hydrogens (primary N) is 2. The SMILES string of the molecule is CC(N)Cc1ccc(N(C)C(N)=O)cc1. The molecule has 0 saturated carbocycles. The average molecular weight is 207 g/mol. The molecule has 1 unspecified atom stereocenters. The van der Waals surface area contributed by atoms with E-state index in [-0.39, 0.29) is 6.04 Å². The zero-order valence-electron chi connectivity index (χ0n) is 9.10. The van der Waals surface area contributed by atoms with Crippen molar-refractivity contribution < 1.29 is 4.79 Å². The molecule has 1 rings (SSSR count). The highest BCUT2D eigenvalue weighted by Gasteiger charge is 2.05. The minimum Gasteiger partial charge on any atom is -0.351 e. The van der Waals surface area contributed by atoms with Gasteiger partial charge in [0.25, 0.3) is 0 Å². The van der Waals surface area contributed by atoms with Crippen LogP contribution in [-0.2, 0) is 6.42 Å². The van der Waals surface area contributed by atoms with Crippen molar-refractivity contribution >= 4 is 11.7 Å². The van der Waals surface area contributed by atoms with E-state index in [1.54, 1.807) is 7.05 Å². The Kier molecular flexibility index (Phi) is 3.68. The first-order valence-electron chi connectivity index (χ1n) is 4.88. The van der Waals surface area contributed by atoms with Gasteiger partial charge in [0.15, 0.2) is 0 Å². The Balaban J connectivity index is 2.76. The zero-order chi connectivity index (χ0) is 11.4. The van der Waals surface area contributed by atoms with Crippen molar-refractivity contribution in [2.24, 2.45) is 11.5 Å². The minimum absolute atomic E-state index is 0.143. The number of rotatable bonds is 3. The number of benzene rings is 1. The van der Waals surface area contributed by atoms with Crippen molar-refractivity contribution in [3.63, 3.8) is 0 Å². The quantitative estimate of drug-likeness (QED) is 0.778. The molecule has 0 aliphatic rings. The lowest BCUT2D eigenvalue weighted by Crippen LogP contribution is -2.31. The summed E-state index contributed by atoms with van der Waals surface area (Å²) in [4.78, 5) is 12.3. The summed E-state index contributed by atoms with van der Waals surface area (Å²) in [6.45, 7) is 1.96. The lowest BCUT2D eigenvalue weighted by Gasteiger charge is -2.14. The maximum atomic E-state index is 10.9. The molecule has 4 heteroatoms. The van der Waals surface area contributed by atoms with E-state index in [2.05, 4.69) is 0 Å². The molecule has 82 valence electrons. The molecule has 1 atom stereocenters. The second-order valence-corrected chi connectivity index (χ2v) is 3.75. The fourth-order valence-electron chi connectivity index (χ4n) is 1.35. The Morgan fingerprint density at radius 3 is 2.33 bits per heavy atom. The molecule has 15 heavy (non-hydrogen) atoms. The van der Waals surface area contributed by atoms with Gasteiger partial charge in [0.05, 0.1) is 0 Å². The zero-order valence-corrected chi connectivity index (χ0v) is 9.10. The van der Waals surface area contributed by atoms with Gasteiger partial charge in [-0.15, -0.1) is 0 Å². The summed E-state index contributed by atoms with van der Waals surface area (Å²) in [5.41, 5.74) is 12.8. The number of carbonyl (C=O) groups excluding carboxylic acids is 1. The largest absolute Gasteiger partial charge is 0.351 e. The predicted molar refractivity (Wildman–Crippen MR) is 61.8 cm³/mol. The minimum atomic E-state index is -0.463. The Bertz CT molecular complexity index is 332. The van der Waals surface area contributed by atoms with Crippen LogP contribution in [0.25, 0.3) is 0 Å². The van der Waals surface area contributed by atoms with Gasteiger partial charge in [-0.3, -0.25) is 4.90 Å². The second kappa shape index (κ2) is 4.79. The molecule has 0 saturated heterocycles. The standard InChI is InChI=1S/C11H17N3O/c1-8(12)7-9-3-5-10(6-4-9)14(2)11(13)15/h3-6,8H,7,12H2,1-2H3,(H2,13,15). The van der Waals surface area contributed by atoms with Crippen molar-refractivity contribution in [1.29, 1.82) is 0 Å². The molecule has 2 amide bonds. The highest BCUT2D eigenvalue weighted by Crippen LogP contribution is 2.14. The number of hydrogen-bond acceptors (Lipinski definition) is 2. The lowest BCUT2D eigenvalue weighted by molar-refractivity contribution is 0.255. The highest BCUT2D eigenvalue weighted by molar-refractivity contribution is 5.89. The summed E-state index contributed by atoms with van der Waals surface area (Å²) >= 11 is 0. The van der Waals surface area contributed by atoms with Gasteiger partial charge in [-0.2, -0.15) is 0 Å². The molecule has 0 radical (unpaired) electrons. The van der Waals surface area contributed by atoms with Crippen LogP contribution in [0, 0.1) is 0 Å². The van der Waals surface area contributed by atoms with Crippen LogP contribution in [0.3, 0.4) is 0 Å². The molecule has 0 aliphatic carbocycles. The highest BCUT2D eigenvalue weighted by atomic mass is 16.2. The third kappa shape index (κ3) is 3.25. The molecule has 0 bridgehead atoms. The van der Waals surface area contributed by atoms with Crippen LogP contribution < -0.4 is 16.4 Å². The van der Waals surface area contributed by atoms with Crippen LogP contribution in [0.1, 0.15) is 12.5 Å². The van der Waals surface area contributed by atoms with Crippen LogP contribution in [0.4, 0.5) is 10.5 Å². The molecule has 4 nitrogen and oxygen atoms in total. The predicted octanol–water partition coefficient (Wildman–Crippen LogP) is 1.09. The number of hydrogen-bond donors (Lipinski definition) is 2. The van der Waals surface area contributed by atoms with E-state index in [9.17, 15) is 4.79 Å². The lowest BCUT2D eigenvalue weighted by atomic mass is 10.1. The molecule has 1 aromatic rings. The number of nitrogens with zero attached hydrogens (tertiary/aromatic N) is 1. The third-order valence-corrected chi connectivity index (χ3v) is 2.21. The van der Waals surface area contributed by atoms with Gasteiger partial charge in [-0.1, -0.05) is 12.1 Å². The van der Waals surface area contributed by atoms with E-state index in [1.807, 2.05) is 31.2 Å². The van der Waals surface area contributed by atoms with Crippen LogP contribution in [0.15, 0.2) is 24.3 Å². The van der Waals surface area contributed by atoms with Crippen molar-refractivity contribution in [2.75, 3.05) is 11.9 Å². The van der Waals surface area contributed by atoms with Gasteiger partial charge in [0.2, 0.25) is 0 Å². The molecular weight excluding hydrogens is 190 g/mol. The van der Waals surface area contributed by atoms with E-state index in [4.69, 9.17) is 11.5 Å². The first kappa shape index (κ1) is 11.5. The molecule has 0 heterocycles. The Morgan fingerprint density at radius 1 is 1.40 bits per heavy atom. The first-order valence-corrected chi connectivity index (χ1v) is 4.88. The monoisotopic (exact) mass is 207 g/mol. The van der Waals surface area contributed by atoms with E-state index in [0.717, 1.165) is 17.7 Å². The smallest absolute Gasteiger partial charge is 0.318 e. The molecule has 1 aromatic carbocycles. The summed E-state index contributed by atoms with van der Waals surface area (Å²) in [6.07, 6.45) is 0.834. The van der Waals surface area contributed by atoms with Gasteiger partial charge in [-0.25, -0.2) is 4.79 Å². The summed E-state index contributed by atoms with van der Waals surface area (Å²) in [6, 6.07) is 7.32. The van der Waals surface area contributed by atoms with E-state index < -0.39 is 6.03 Å². The van der Waals surface area contributed by atoms with E-state index in [1.165, 1.54) is 4.90 Å². The van der Waals surface area contributed by atoms with E-state index in [0.29, 0.717) is 0 Å². The summed E-state index contributed by atoms with van der Waals surface area (Å²) in [7, 11) is 1.64. The fourth-order valence-corrected chi connectivity index (χ4v) is 1.35. The van der Waals surface area contributed by atoms with E-state index >= 15 is 0 Å². The van der Waals surface area contributed by atoms with Crippen LogP contribution in [0.5, 0.6) is 0 Å². The topological polar surface area (TPSA) is 72.3 Å². The van der Waals surface area contributed by atoms with Crippen molar-refractivity contribution in [3.8, 4) is 0 Å². The Morgan fingerprint density at radius 2 is 1.93 bits per heavy atom. The number of anilines is 1. The van der Waals surface area contributed by atoms with Crippen LogP contribution >= 0.6 is 0 Å². The molecule has 0 fully saturated rings. The Labute approximate surface area is 89.9 Å². The molecular formula is C11H17N3O. The molecule has 0 aliphatic heterocycles. The molecule has 0 spiro atoms. The van der Waals surface area contributed by atoms with Gasteiger partial charge in [0.1, 0.15) is 0 Å². The average Bonchev–Trinajstić information content (AvgIpc) is 2.17.